The van der Waals surface area contributed by atoms with Gasteiger partial charge in [0.15, 0.2) is 17.3 Å². The zero-order valence-electron chi connectivity index (χ0n) is 16.8. The van der Waals surface area contributed by atoms with Gasteiger partial charge in [-0.05, 0) is 54.7 Å². The van der Waals surface area contributed by atoms with Crippen molar-refractivity contribution in [3.63, 3.8) is 0 Å². The molecule has 0 unspecified atom stereocenters. The summed E-state index contributed by atoms with van der Waals surface area (Å²) in [7, 11) is 0. The van der Waals surface area contributed by atoms with Crippen molar-refractivity contribution >= 4 is 11.7 Å². The van der Waals surface area contributed by atoms with Gasteiger partial charge in [-0.25, -0.2) is 0 Å². The summed E-state index contributed by atoms with van der Waals surface area (Å²) in [6.07, 6.45) is 1.34. The topological polar surface area (TPSA) is 73.9 Å². The number of hydrogen-bond donors (Lipinski definition) is 1. The average molecular weight is 405 g/mol. The summed E-state index contributed by atoms with van der Waals surface area (Å²) in [5, 5.41) is 2.97. The van der Waals surface area contributed by atoms with E-state index in [9.17, 15) is 9.59 Å². The van der Waals surface area contributed by atoms with E-state index in [0.717, 1.165) is 28.1 Å². The zero-order chi connectivity index (χ0) is 20.7. The molecule has 1 aliphatic carbocycles. The predicted octanol–water partition coefficient (Wildman–Crippen LogP) is 3.82. The highest BCUT2D eigenvalue weighted by atomic mass is 16.7. The van der Waals surface area contributed by atoms with Gasteiger partial charge in [0.25, 0.3) is 0 Å². The number of carbonyl (C=O) groups excluding carboxylic acids is 2. The Balaban J connectivity index is 1.45. The molecular formula is C24H23NO5. The number of amides is 1. The minimum absolute atomic E-state index is 0.0442. The Morgan fingerprint density at radius 1 is 0.967 bits per heavy atom. The van der Waals surface area contributed by atoms with Gasteiger partial charge >= 0.3 is 0 Å². The van der Waals surface area contributed by atoms with E-state index >= 15 is 0 Å². The van der Waals surface area contributed by atoms with Crippen LogP contribution in [0.5, 0.6) is 17.2 Å². The monoisotopic (exact) mass is 405 g/mol. The summed E-state index contributed by atoms with van der Waals surface area (Å²) < 4.78 is 16.4. The van der Waals surface area contributed by atoms with E-state index in [1.165, 1.54) is 0 Å². The van der Waals surface area contributed by atoms with Crippen LogP contribution in [0.3, 0.4) is 0 Å². The number of Topliss-reactive ketones (excluding diaryl/α,β-unsaturated/α-hetero) is 1. The SMILES string of the molecule is CCOc1ccc([C@@H]2CC(=O)C3=C(C2)NC(=O)C[C@@H]3c2ccc3c(c2)OCO3)cc1. The summed E-state index contributed by atoms with van der Waals surface area (Å²) in [6.45, 7) is 2.76. The van der Waals surface area contributed by atoms with Gasteiger partial charge in [0.05, 0.1) is 6.61 Å². The molecule has 0 fully saturated rings. The molecule has 0 aromatic heterocycles. The van der Waals surface area contributed by atoms with E-state index in [1.54, 1.807) is 0 Å². The fraction of sp³-hybridized carbons (Fsp3) is 0.333. The third kappa shape index (κ3) is 3.32. The van der Waals surface area contributed by atoms with Crippen molar-refractivity contribution in [2.45, 2.75) is 38.0 Å². The van der Waals surface area contributed by atoms with Crippen LogP contribution >= 0.6 is 0 Å². The number of rotatable bonds is 4. The zero-order valence-corrected chi connectivity index (χ0v) is 16.8. The van der Waals surface area contributed by atoms with E-state index in [-0.39, 0.29) is 36.7 Å². The van der Waals surface area contributed by atoms with Crippen molar-refractivity contribution in [1.29, 1.82) is 0 Å². The average Bonchev–Trinajstić information content (AvgIpc) is 3.21. The van der Waals surface area contributed by atoms with Crippen molar-refractivity contribution in [3.8, 4) is 17.2 Å². The molecule has 2 aliphatic heterocycles. The summed E-state index contributed by atoms with van der Waals surface area (Å²) in [6, 6.07) is 13.5. The molecule has 0 radical (unpaired) electrons. The number of benzene rings is 2. The lowest BCUT2D eigenvalue weighted by atomic mass is 9.73. The summed E-state index contributed by atoms with van der Waals surface area (Å²) in [5.74, 6) is 2.00. The number of ether oxygens (including phenoxy) is 3. The van der Waals surface area contributed by atoms with Crippen LogP contribution in [0.15, 0.2) is 53.7 Å². The first-order chi connectivity index (χ1) is 14.6. The Hall–Kier alpha value is -3.28. The van der Waals surface area contributed by atoms with Gasteiger partial charge in [0.2, 0.25) is 12.7 Å². The van der Waals surface area contributed by atoms with Gasteiger partial charge in [-0.2, -0.15) is 0 Å². The molecule has 0 spiro atoms. The highest BCUT2D eigenvalue weighted by Crippen LogP contribution is 2.44. The van der Waals surface area contributed by atoms with E-state index < -0.39 is 0 Å². The van der Waals surface area contributed by atoms with Gasteiger partial charge < -0.3 is 19.5 Å². The lowest BCUT2D eigenvalue weighted by molar-refractivity contribution is -0.122. The van der Waals surface area contributed by atoms with Crippen molar-refractivity contribution < 1.29 is 23.8 Å². The molecule has 1 N–H and O–H groups in total. The predicted molar refractivity (Wildman–Crippen MR) is 110 cm³/mol. The van der Waals surface area contributed by atoms with Gasteiger partial charge in [-0.15, -0.1) is 0 Å². The molecule has 154 valence electrons. The molecular weight excluding hydrogens is 382 g/mol. The third-order valence-electron chi connectivity index (χ3n) is 6.00. The molecule has 0 saturated heterocycles. The quantitative estimate of drug-likeness (QED) is 0.837. The van der Waals surface area contributed by atoms with Gasteiger partial charge in [0.1, 0.15) is 5.75 Å². The molecule has 2 aromatic rings. The minimum Gasteiger partial charge on any atom is -0.494 e. The number of carbonyl (C=O) groups is 2. The summed E-state index contributed by atoms with van der Waals surface area (Å²) in [4.78, 5) is 25.7. The summed E-state index contributed by atoms with van der Waals surface area (Å²) >= 11 is 0. The molecule has 1 amide bonds. The first-order valence-electron chi connectivity index (χ1n) is 10.3. The number of allylic oxidation sites excluding steroid dienone is 2. The molecule has 2 heterocycles. The largest absolute Gasteiger partial charge is 0.494 e. The summed E-state index contributed by atoms with van der Waals surface area (Å²) in [5.41, 5.74) is 3.48. The second-order valence-corrected chi connectivity index (χ2v) is 7.84. The van der Waals surface area contributed by atoms with Crippen LogP contribution in [0.1, 0.15) is 49.1 Å². The minimum atomic E-state index is -0.253. The van der Waals surface area contributed by atoms with Crippen molar-refractivity contribution in [3.05, 3.63) is 64.9 Å². The smallest absolute Gasteiger partial charge is 0.231 e. The highest BCUT2D eigenvalue weighted by molar-refractivity contribution is 6.02. The first kappa shape index (κ1) is 18.7. The Labute approximate surface area is 174 Å². The van der Waals surface area contributed by atoms with Crippen LogP contribution < -0.4 is 19.5 Å². The van der Waals surface area contributed by atoms with Crippen LogP contribution in [0.25, 0.3) is 0 Å². The van der Waals surface area contributed by atoms with E-state index in [0.29, 0.717) is 30.9 Å². The fourth-order valence-electron chi connectivity index (χ4n) is 4.61. The van der Waals surface area contributed by atoms with E-state index in [2.05, 4.69) is 5.32 Å². The normalized spacial score (nSPS) is 22.6. The molecule has 6 nitrogen and oxygen atoms in total. The molecule has 0 saturated carbocycles. The third-order valence-corrected chi connectivity index (χ3v) is 6.00. The highest BCUT2D eigenvalue weighted by Gasteiger charge is 2.38. The Morgan fingerprint density at radius 2 is 1.73 bits per heavy atom. The van der Waals surface area contributed by atoms with Crippen molar-refractivity contribution in [2.24, 2.45) is 0 Å². The first-order valence-corrected chi connectivity index (χ1v) is 10.3. The number of hydrogen-bond acceptors (Lipinski definition) is 5. The maximum Gasteiger partial charge on any atom is 0.231 e. The van der Waals surface area contributed by atoms with Crippen LogP contribution in [-0.2, 0) is 9.59 Å². The Kier molecular flexibility index (Phi) is 4.69. The lowest BCUT2D eigenvalue weighted by Gasteiger charge is -2.34. The van der Waals surface area contributed by atoms with Crippen molar-refractivity contribution in [2.75, 3.05) is 13.4 Å². The fourth-order valence-corrected chi connectivity index (χ4v) is 4.61. The van der Waals surface area contributed by atoms with Gasteiger partial charge in [-0.3, -0.25) is 9.59 Å². The van der Waals surface area contributed by atoms with Crippen LogP contribution in [-0.4, -0.2) is 25.1 Å². The molecule has 6 heteroatoms. The lowest BCUT2D eigenvalue weighted by Crippen LogP contribution is -2.38. The molecule has 5 rings (SSSR count). The Bertz CT molecular complexity index is 1040. The number of ketones is 1. The van der Waals surface area contributed by atoms with Gasteiger partial charge in [-0.1, -0.05) is 18.2 Å². The molecule has 3 aliphatic rings. The molecule has 2 aromatic carbocycles. The maximum atomic E-state index is 13.2. The van der Waals surface area contributed by atoms with Crippen LogP contribution in [0.4, 0.5) is 0 Å². The van der Waals surface area contributed by atoms with Crippen molar-refractivity contribution in [1.82, 2.24) is 5.32 Å². The Morgan fingerprint density at radius 3 is 2.53 bits per heavy atom. The standard InChI is InChI=1S/C24H23NO5/c1-2-28-17-6-3-14(4-7-17)16-9-19-24(20(26)10-16)18(12-23(27)25-19)15-5-8-21-22(11-15)30-13-29-21/h3-8,11,16,18H,2,9-10,12-13H2,1H3,(H,25,27)/t16-,18+/m0/s1. The second kappa shape index (κ2) is 7.52. The van der Waals surface area contributed by atoms with E-state index in [1.807, 2.05) is 49.4 Å². The maximum absolute atomic E-state index is 13.2. The second-order valence-electron chi connectivity index (χ2n) is 7.84. The number of fused-ring (bicyclic) bond motifs is 1. The number of nitrogens with one attached hydrogen (secondary N) is 1. The molecule has 30 heavy (non-hydrogen) atoms. The van der Waals surface area contributed by atoms with Crippen LogP contribution in [0, 0.1) is 0 Å². The van der Waals surface area contributed by atoms with Gasteiger partial charge in [0, 0.05) is 30.0 Å². The molecule has 0 bridgehead atoms. The van der Waals surface area contributed by atoms with E-state index in [4.69, 9.17) is 14.2 Å². The molecule has 2 atom stereocenters. The van der Waals surface area contributed by atoms with Crippen LogP contribution in [0.2, 0.25) is 0 Å².